The maximum absolute atomic E-state index is 12.1. The Morgan fingerprint density at radius 1 is 1.00 bits per heavy atom. The van der Waals surface area contributed by atoms with Crippen LogP contribution in [-0.2, 0) is 20.7 Å². The third kappa shape index (κ3) is 6.50. The van der Waals surface area contributed by atoms with Crippen LogP contribution < -0.4 is 4.74 Å². The van der Waals surface area contributed by atoms with Gasteiger partial charge in [0.05, 0.1) is 0 Å². The van der Waals surface area contributed by atoms with E-state index in [2.05, 4.69) is 0 Å². The van der Waals surface area contributed by atoms with E-state index in [1.807, 2.05) is 52.0 Å². The summed E-state index contributed by atoms with van der Waals surface area (Å²) in [5.41, 5.74) is 5.11. The molecule has 192 valence electrons. The summed E-state index contributed by atoms with van der Waals surface area (Å²) in [6.07, 6.45) is -6.99. The number of rotatable bonds is 8. The molecule has 1 aliphatic rings. The molecule has 2 aromatic carbocycles. The molecule has 0 unspecified atom stereocenters. The van der Waals surface area contributed by atoms with Crippen molar-refractivity contribution in [3.05, 3.63) is 58.1 Å². The van der Waals surface area contributed by atoms with Gasteiger partial charge in [0.25, 0.3) is 0 Å². The minimum absolute atomic E-state index is 0.211. The Morgan fingerprint density at radius 3 is 2.29 bits per heavy atom. The highest BCUT2D eigenvalue weighted by Crippen LogP contribution is 2.29. The minimum Gasteiger partial charge on any atom is -0.508 e. The molecule has 35 heavy (non-hydrogen) atoms. The van der Waals surface area contributed by atoms with Crippen LogP contribution in [0.4, 0.5) is 0 Å². The highest BCUT2D eigenvalue weighted by molar-refractivity contribution is 5.71. The number of hydrogen-bond donors (Lipinski definition) is 5. The lowest BCUT2D eigenvalue weighted by Gasteiger charge is -2.37. The van der Waals surface area contributed by atoms with Crippen molar-refractivity contribution in [1.29, 1.82) is 0 Å². The van der Waals surface area contributed by atoms with E-state index in [1.165, 1.54) is 0 Å². The molecule has 0 aromatic heterocycles. The number of aliphatic hydroxyl groups is 4. The number of ether oxygens (including phenoxy) is 3. The lowest BCUT2D eigenvalue weighted by molar-refractivity contribution is -0.287. The smallest absolute Gasteiger partial charge is 0.344 e. The number of carbonyl (C=O) groups excluding carboxylic acids is 1. The van der Waals surface area contributed by atoms with Gasteiger partial charge < -0.3 is 39.7 Å². The summed E-state index contributed by atoms with van der Waals surface area (Å²) in [7, 11) is 0. The first kappa shape index (κ1) is 26.9. The molecule has 0 bridgehead atoms. The summed E-state index contributed by atoms with van der Waals surface area (Å²) in [5, 5.41) is 48.7. The highest BCUT2D eigenvalue weighted by Gasteiger charge is 2.43. The van der Waals surface area contributed by atoms with E-state index in [1.54, 1.807) is 6.07 Å². The molecule has 0 saturated carbocycles. The molecule has 0 radical (unpaired) electrons. The maximum Gasteiger partial charge on any atom is 0.344 e. The quantitative estimate of drug-likeness (QED) is 0.347. The van der Waals surface area contributed by atoms with Crippen molar-refractivity contribution < 1.29 is 44.5 Å². The second-order valence-electron chi connectivity index (χ2n) is 9.27. The van der Waals surface area contributed by atoms with Crippen LogP contribution in [0.1, 0.15) is 47.6 Å². The molecule has 1 fully saturated rings. The SMILES string of the molecule is Cc1cc(OCC(=O)OC[C@H]2O[C@@H](O)[C@H](O)[C@@H](O)[C@@H]2O)cc(C)c1Cc1ccc(O)c(C(C)C)c1. The summed E-state index contributed by atoms with van der Waals surface area (Å²) in [6.45, 7) is 7.19. The largest absolute Gasteiger partial charge is 0.508 e. The second-order valence-corrected chi connectivity index (χ2v) is 9.27. The third-order valence-electron chi connectivity index (χ3n) is 6.22. The van der Waals surface area contributed by atoms with Crippen LogP contribution in [0, 0.1) is 13.8 Å². The monoisotopic (exact) mass is 490 g/mol. The number of aliphatic hydroxyl groups excluding tert-OH is 4. The van der Waals surface area contributed by atoms with E-state index in [0.29, 0.717) is 17.9 Å². The molecule has 9 heteroatoms. The summed E-state index contributed by atoms with van der Waals surface area (Å²) >= 11 is 0. The molecule has 0 spiro atoms. The van der Waals surface area contributed by atoms with Gasteiger partial charge in [-0.15, -0.1) is 0 Å². The lowest BCUT2D eigenvalue weighted by atomic mass is 9.93. The number of hydrogen-bond acceptors (Lipinski definition) is 9. The number of aryl methyl sites for hydroxylation is 2. The van der Waals surface area contributed by atoms with Crippen molar-refractivity contribution in [3.63, 3.8) is 0 Å². The van der Waals surface area contributed by atoms with E-state index >= 15 is 0 Å². The highest BCUT2D eigenvalue weighted by atomic mass is 16.7. The van der Waals surface area contributed by atoms with Gasteiger partial charge in [0.1, 0.15) is 42.5 Å². The predicted molar refractivity (Wildman–Crippen MR) is 126 cm³/mol. The van der Waals surface area contributed by atoms with Gasteiger partial charge in [-0.1, -0.05) is 26.0 Å². The van der Waals surface area contributed by atoms with Crippen LogP contribution >= 0.6 is 0 Å². The van der Waals surface area contributed by atoms with Crippen LogP contribution in [0.15, 0.2) is 30.3 Å². The molecule has 1 saturated heterocycles. The van der Waals surface area contributed by atoms with Crippen molar-refractivity contribution in [3.8, 4) is 11.5 Å². The van der Waals surface area contributed by atoms with E-state index in [4.69, 9.17) is 14.2 Å². The Bertz CT molecular complexity index is 1010. The predicted octanol–water partition coefficient (Wildman–Crippen LogP) is 1.45. The van der Waals surface area contributed by atoms with E-state index in [0.717, 1.165) is 27.8 Å². The zero-order valence-electron chi connectivity index (χ0n) is 20.3. The molecular weight excluding hydrogens is 456 g/mol. The summed E-state index contributed by atoms with van der Waals surface area (Å²) in [4.78, 5) is 12.1. The number of carbonyl (C=O) groups is 1. The molecule has 1 heterocycles. The van der Waals surface area contributed by atoms with Gasteiger partial charge in [-0.25, -0.2) is 4.79 Å². The Hall–Kier alpha value is -2.69. The van der Waals surface area contributed by atoms with Crippen molar-refractivity contribution in [2.24, 2.45) is 0 Å². The second kappa shape index (κ2) is 11.4. The molecule has 0 amide bonds. The summed E-state index contributed by atoms with van der Waals surface area (Å²) in [5.74, 6) is 0.280. The van der Waals surface area contributed by atoms with Gasteiger partial charge in [-0.05, 0) is 72.2 Å². The molecule has 1 aliphatic heterocycles. The number of esters is 1. The fourth-order valence-electron chi connectivity index (χ4n) is 4.12. The fraction of sp³-hybridized carbons (Fsp3) is 0.500. The van der Waals surface area contributed by atoms with Crippen LogP contribution in [0.3, 0.4) is 0 Å². The zero-order valence-corrected chi connectivity index (χ0v) is 20.3. The molecule has 2 aromatic rings. The minimum atomic E-state index is -1.70. The first-order valence-corrected chi connectivity index (χ1v) is 11.6. The first-order chi connectivity index (χ1) is 16.5. The summed E-state index contributed by atoms with van der Waals surface area (Å²) < 4.78 is 15.6. The van der Waals surface area contributed by atoms with E-state index in [-0.39, 0.29) is 12.5 Å². The maximum atomic E-state index is 12.1. The lowest BCUT2D eigenvalue weighted by Crippen LogP contribution is -2.58. The van der Waals surface area contributed by atoms with Crippen LogP contribution in [0.25, 0.3) is 0 Å². The topological polar surface area (TPSA) is 146 Å². The normalized spacial score (nSPS) is 24.4. The van der Waals surface area contributed by atoms with Gasteiger partial charge in [-0.2, -0.15) is 0 Å². The van der Waals surface area contributed by atoms with Crippen LogP contribution in [0.5, 0.6) is 11.5 Å². The standard InChI is InChI=1S/C26H34O9/c1-13(2)18-9-16(5-6-20(18)27)10-19-14(3)7-17(8-15(19)4)33-12-22(28)34-11-21-23(29)24(30)25(31)26(32)35-21/h5-9,13,21,23-27,29-32H,10-12H2,1-4H3/t21-,23-,24+,25-,26-/m1/s1. The van der Waals surface area contributed by atoms with Crippen molar-refractivity contribution in [2.75, 3.05) is 13.2 Å². The van der Waals surface area contributed by atoms with Crippen molar-refractivity contribution in [1.82, 2.24) is 0 Å². The Balaban J connectivity index is 1.57. The van der Waals surface area contributed by atoms with Crippen LogP contribution in [-0.4, -0.2) is 75.4 Å². The van der Waals surface area contributed by atoms with E-state index in [9.17, 15) is 30.3 Å². The third-order valence-corrected chi connectivity index (χ3v) is 6.22. The Morgan fingerprint density at radius 2 is 1.66 bits per heavy atom. The Kier molecular flexibility index (Phi) is 8.74. The molecule has 9 nitrogen and oxygen atoms in total. The van der Waals surface area contributed by atoms with Gasteiger partial charge in [0.2, 0.25) is 0 Å². The van der Waals surface area contributed by atoms with E-state index < -0.39 is 43.3 Å². The first-order valence-electron chi connectivity index (χ1n) is 11.6. The van der Waals surface area contributed by atoms with Crippen LogP contribution in [0.2, 0.25) is 0 Å². The zero-order chi connectivity index (χ0) is 25.9. The van der Waals surface area contributed by atoms with Crippen molar-refractivity contribution in [2.45, 2.75) is 70.7 Å². The molecule has 3 rings (SSSR count). The number of phenols is 1. The fourth-order valence-corrected chi connectivity index (χ4v) is 4.12. The number of benzene rings is 2. The Labute approximate surface area is 204 Å². The average Bonchev–Trinajstić information content (AvgIpc) is 2.81. The molecule has 5 N–H and O–H groups in total. The van der Waals surface area contributed by atoms with Gasteiger partial charge in [0.15, 0.2) is 12.9 Å². The number of phenolic OH excluding ortho intramolecular Hbond substituents is 1. The molecule has 0 aliphatic carbocycles. The molecular formula is C26H34O9. The van der Waals surface area contributed by atoms with Gasteiger partial charge in [-0.3, -0.25) is 0 Å². The number of aromatic hydroxyl groups is 1. The summed E-state index contributed by atoms with van der Waals surface area (Å²) in [6, 6.07) is 9.32. The molecule has 5 atom stereocenters. The van der Waals surface area contributed by atoms with Gasteiger partial charge >= 0.3 is 5.97 Å². The van der Waals surface area contributed by atoms with Crippen molar-refractivity contribution >= 4 is 5.97 Å². The average molecular weight is 491 g/mol. The van der Waals surface area contributed by atoms with Gasteiger partial charge in [0, 0.05) is 0 Å².